The van der Waals surface area contributed by atoms with Gasteiger partial charge in [-0.15, -0.1) is 0 Å². The number of hydrogen-bond donors (Lipinski definition) is 1. The minimum absolute atomic E-state index is 0.0734. The van der Waals surface area contributed by atoms with Gasteiger partial charge in [0.1, 0.15) is 6.10 Å². The maximum atomic E-state index is 12.6. The number of ether oxygens (including phenoxy) is 1. The lowest BCUT2D eigenvalue weighted by Crippen LogP contribution is -2.51. The molecule has 3 rings (SSSR count). The predicted molar refractivity (Wildman–Crippen MR) is 85.1 cm³/mol. The molecular weight excluding hydrogens is 278 g/mol. The van der Waals surface area contributed by atoms with Crippen molar-refractivity contribution in [1.29, 1.82) is 0 Å². The summed E-state index contributed by atoms with van der Waals surface area (Å²) in [6.45, 7) is 4.46. The van der Waals surface area contributed by atoms with Crippen molar-refractivity contribution in [3.63, 3.8) is 0 Å². The Labute approximate surface area is 132 Å². The number of amides is 1. The SMILES string of the molecule is C[C@@H]1CN(C(=O)c2ccnc(OC3CCCCC3)c2)CCN1. The molecule has 0 aromatic carbocycles. The van der Waals surface area contributed by atoms with Crippen LogP contribution in [-0.2, 0) is 0 Å². The molecule has 2 aliphatic rings. The van der Waals surface area contributed by atoms with Gasteiger partial charge in [-0.2, -0.15) is 0 Å². The Kier molecular flexibility index (Phi) is 4.93. The first-order valence-corrected chi connectivity index (χ1v) is 8.38. The molecule has 1 aromatic heterocycles. The van der Waals surface area contributed by atoms with E-state index in [0.717, 1.165) is 32.5 Å². The average molecular weight is 303 g/mol. The van der Waals surface area contributed by atoms with Gasteiger partial charge in [-0.3, -0.25) is 4.79 Å². The van der Waals surface area contributed by atoms with Crippen molar-refractivity contribution in [3.05, 3.63) is 23.9 Å². The summed E-state index contributed by atoms with van der Waals surface area (Å²) in [5.41, 5.74) is 0.676. The highest BCUT2D eigenvalue weighted by molar-refractivity contribution is 5.94. The van der Waals surface area contributed by atoms with Crippen LogP contribution in [-0.4, -0.2) is 47.6 Å². The van der Waals surface area contributed by atoms with Crippen molar-refractivity contribution in [1.82, 2.24) is 15.2 Å². The van der Waals surface area contributed by atoms with Crippen molar-refractivity contribution >= 4 is 5.91 Å². The molecule has 1 N–H and O–H groups in total. The number of pyridine rings is 1. The molecule has 1 aromatic rings. The van der Waals surface area contributed by atoms with Gasteiger partial charge in [0.25, 0.3) is 5.91 Å². The van der Waals surface area contributed by atoms with Crippen LogP contribution < -0.4 is 10.1 Å². The van der Waals surface area contributed by atoms with Gasteiger partial charge in [0.05, 0.1) is 0 Å². The third kappa shape index (κ3) is 3.77. The minimum atomic E-state index is 0.0734. The lowest BCUT2D eigenvalue weighted by molar-refractivity contribution is 0.0707. The molecule has 22 heavy (non-hydrogen) atoms. The van der Waals surface area contributed by atoms with E-state index in [0.29, 0.717) is 17.5 Å². The van der Waals surface area contributed by atoms with Gasteiger partial charge >= 0.3 is 0 Å². The van der Waals surface area contributed by atoms with E-state index < -0.39 is 0 Å². The van der Waals surface area contributed by atoms with Gasteiger partial charge in [-0.05, 0) is 38.7 Å². The van der Waals surface area contributed by atoms with Crippen LogP contribution in [0.4, 0.5) is 0 Å². The van der Waals surface area contributed by atoms with Crippen molar-refractivity contribution < 1.29 is 9.53 Å². The molecule has 5 heteroatoms. The highest BCUT2D eigenvalue weighted by atomic mass is 16.5. The first kappa shape index (κ1) is 15.3. The van der Waals surface area contributed by atoms with E-state index in [2.05, 4.69) is 17.2 Å². The number of carbonyl (C=O) groups is 1. The lowest BCUT2D eigenvalue weighted by Gasteiger charge is -2.32. The number of nitrogens with one attached hydrogen (secondary N) is 1. The Balaban J connectivity index is 1.66. The zero-order chi connectivity index (χ0) is 15.4. The van der Waals surface area contributed by atoms with Crippen LogP contribution in [0, 0.1) is 0 Å². The van der Waals surface area contributed by atoms with Crippen LogP contribution in [0.3, 0.4) is 0 Å². The Bertz CT molecular complexity index is 514. The maximum Gasteiger partial charge on any atom is 0.254 e. The summed E-state index contributed by atoms with van der Waals surface area (Å²) in [6, 6.07) is 3.92. The number of piperazine rings is 1. The second-order valence-corrected chi connectivity index (χ2v) is 6.37. The number of carbonyl (C=O) groups excluding carboxylic acids is 1. The smallest absolute Gasteiger partial charge is 0.254 e. The molecule has 1 saturated carbocycles. The van der Waals surface area contributed by atoms with Gasteiger partial charge in [0.2, 0.25) is 5.88 Å². The van der Waals surface area contributed by atoms with E-state index in [4.69, 9.17) is 4.74 Å². The molecule has 0 bridgehead atoms. The summed E-state index contributed by atoms with van der Waals surface area (Å²) >= 11 is 0. The quantitative estimate of drug-likeness (QED) is 0.930. The van der Waals surface area contributed by atoms with Crippen molar-refractivity contribution in [3.8, 4) is 5.88 Å². The molecule has 5 nitrogen and oxygen atoms in total. The number of nitrogens with zero attached hydrogens (tertiary/aromatic N) is 2. The average Bonchev–Trinajstić information content (AvgIpc) is 2.55. The summed E-state index contributed by atoms with van der Waals surface area (Å²) in [5.74, 6) is 0.658. The van der Waals surface area contributed by atoms with Gasteiger partial charge in [-0.25, -0.2) is 4.98 Å². The lowest BCUT2D eigenvalue weighted by atomic mass is 9.98. The van der Waals surface area contributed by atoms with E-state index in [9.17, 15) is 4.79 Å². The summed E-state index contributed by atoms with van der Waals surface area (Å²) < 4.78 is 5.96. The molecule has 120 valence electrons. The predicted octanol–water partition coefficient (Wildman–Crippen LogP) is 2.23. The van der Waals surface area contributed by atoms with E-state index in [-0.39, 0.29) is 12.0 Å². The molecule has 0 radical (unpaired) electrons. The number of aromatic nitrogens is 1. The molecule has 1 aliphatic heterocycles. The van der Waals surface area contributed by atoms with Crippen molar-refractivity contribution in [2.24, 2.45) is 0 Å². The second-order valence-electron chi connectivity index (χ2n) is 6.37. The van der Waals surface area contributed by atoms with Crippen LogP contribution >= 0.6 is 0 Å². The molecule has 2 fully saturated rings. The molecule has 0 unspecified atom stereocenters. The topological polar surface area (TPSA) is 54.5 Å². The Morgan fingerprint density at radius 3 is 2.95 bits per heavy atom. The third-order valence-electron chi connectivity index (χ3n) is 4.48. The Hall–Kier alpha value is -1.62. The van der Waals surface area contributed by atoms with E-state index in [1.165, 1.54) is 19.3 Å². The van der Waals surface area contributed by atoms with Crippen LogP contribution in [0.2, 0.25) is 0 Å². The molecule has 1 aliphatic carbocycles. The first-order valence-electron chi connectivity index (χ1n) is 8.38. The highest BCUT2D eigenvalue weighted by Crippen LogP contribution is 2.23. The number of rotatable bonds is 3. The standard InChI is InChI=1S/C17H25N3O2/c1-13-12-20(10-9-18-13)17(21)14-7-8-19-16(11-14)22-15-5-3-2-4-6-15/h7-8,11,13,15,18H,2-6,9-10,12H2,1H3/t13-/m1/s1. The van der Waals surface area contributed by atoms with Crippen LogP contribution in [0.1, 0.15) is 49.4 Å². The maximum absolute atomic E-state index is 12.6. The fourth-order valence-electron chi connectivity index (χ4n) is 3.26. The van der Waals surface area contributed by atoms with Crippen molar-refractivity contribution in [2.45, 2.75) is 51.2 Å². The Morgan fingerprint density at radius 1 is 1.36 bits per heavy atom. The summed E-state index contributed by atoms with van der Waals surface area (Å²) in [5, 5.41) is 3.35. The fourth-order valence-corrected chi connectivity index (χ4v) is 3.26. The monoisotopic (exact) mass is 303 g/mol. The molecular formula is C17H25N3O2. The second kappa shape index (κ2) is 7.09. The van der Waals surface area contributed by atoms with Crippen LogP contribution in [0.25, 0.3) is 0 Å². The molecule has 1 saturated heterocycles. The van der Waals surface area contributed by atoms with Gasteiger partial charge in [0, 0.05) is 43.5 Å². The highest BCUT2D eigenvalue weighted by Gasteiger charge is 2.22. The van der Waals surface area contributed by atoms with E-state index in [1.807, 2.05) is 4.90 Å². The first-order chi connectivity index (χ1) is 10.7. The van der Waals surface area contributed by atoms with Gasteiger partial charge in [-0.1, -0.05) is 6.42 Å². The zero-order valence-electron chi connectivity index (χ0n) is 13.3. The van der Waals surface area contributed by atoms with Gasteiger partial charge in [0.15, 0.2) is 0 Å². The minimum Gasteiger partial charge on any atom is -0.474 e. The van der Waals surface area contributed by atoms with E-state index >= 15 is 0 Å². The van der Waals surface area contributed by atoms with Crippen LogP contribution in [0.5, 0.6) is 5.88 Å². The summed E-state index contributed by atoms with van der Waals surface area (Å²) in [4.78, 5) is 18.8. The summed E-state index contributed by atoms with van der Waals surface area (Å²) in [7, 11) is 0. The van der Waals surface area contributed by atoms with Crippen LogP contribution in [0.15, 0.2) is 18.3 Å². The Morgan fingerprint density at radius 2 is 2.18 bits per heavy atom. The fraction of sp³-hybridized carbons (Fsp3) is 0.647. The molecule has 1 atom stereocenters. The van der Waals surface area contributed by atoms with Gasteiger partial charge < -0.3 is 15.0 Å². The zero-order valence-corrected chi connectivity index (χ0v) is 13.3. The normalized spacial score (nSPS) is 23.3. The third-order valence-corrected chi connectivity index (χ3v) is 4.48. The molecule has 1 amide bonds. The van der Waals surface area contributed by atoms with E-state index in [1.54, 1.807) is 18.3 Å². The molecule has 2 heterocycles. The molecule has 0 spiro atoms. The summed E-state index contributed by atoms with van der Waals surface area (Å²) in [6.07, 6.45) is 7.86. The largest absolute Gasteiger partial charge is 0.474 e. The number of hydrogen-bond acceptors (Lipinski definition) is 4. The van der Waals surface area contributed by atoms with Crippen molar-refractivity contribution in [2.75, 3.05) is 19.6 Å².